The van der Waals surface area contributed by atoms with E-state index in [1.165, 1.54) is 0 Å². The summed E-state index contributed by atoms with van der Waals surface area (Å²) in [7, 11) is 0. The largest absolute Gasteiger partial charge is 0.271 e. The third-order valence-electron chi connectivity index (χ3n) is 2.47. The lowest BCUT2D eigenvalue weighted by molar-refractivity contribution is 0.537. The van der Waals surface area contributed by atoms with E-state index in [1.807, 2.05) is 30.5 Å². The van der Waals surface area contributed by atoms with Crippen molar-refractivity contribution in [1.82, 2.24) is 15.4 Å². The molecule has 2 aromatic rings. The van der Waals surface area contributed by atoms with Crippen molar-refractivity contribution >= 4 is 15.9 Å². The molecule has 3 N–H and O–H groups in total. The monoisotopic (exact) mass is 292 g/mol. The minimum atomic E-state index is -0.00713. The highest BCUT2D eigenvalue weighted by molar-refractivity contribution is 9.10. The molecule has 0 aliphatic heterocycles. The molecule has 0 fully saturated rings. The van der Waals surface area contributed by atoms with Crippen molar-refractivity contribution < 1.29 is 0 Å². The van der Waals surface area contributed by atoms with Gasteiger partial charge in [0.1, 0.15) is 0 Å². The molecule has 1 atom stereocenters. The zero-order valence-corrected chi connectivity index (χ0v) is 10.8. The van der Waals surface area contributed by atoms with Crippen molar-refractivity contribution in [1.29, 1.82) is 0 Å². The second-order valence-corrected chi connectivity index (χ2v) is 4.60. The molecule has 0 saturated heterocycles. The lowest BCUT2D eigenvalue weighted by Gasteiger charge is -2.15. The fraction of sp³-hybridized carbons (Fsp3) is 0.167. The summed E-state index contributed by atoms with van der Waals surface area (Å²) in [4.78, 5) is 8.42. The molecule has 0 spiro atoms. The van der Waals surface area contributed by atoms with Crippen molar-refractivity contribution in [3.05, 3.63) is 58.6 Å². The number of hydrogen-bond donors (Lipinski definition) is 2. The van der Waals surface area contributed by atoms with E-state index in [9.17, 15) is 0 Å². The van der Waals surface area contributed by atoms with E-state index in [0.29, 0.717) is 0 Å². The zero-order valence-electron chi connectivity index (χ0n) is 9.18. The maximum atomic E-state index is 5.57. The van der Waals surface area contributed by atoms with Crippen molar-refractivity contribution in [2.75, 3.05) is 0 Å². The number of nitrogens with one attached hydrogen (secondary N) is 1. The highest BCUT2D eigenvalue weighted by Gasteiger charge is 2.11. The molecule has 1 unspecified atom stereocenters. The highest BCUT2D eigenvalue weighted by atomic mass is 79.9. The van der Waals surface area contributed by atoms with Crippen LogP contribution in [-0.2, 0) is 6.42 Å². The van der Waals surface area contributed by atoms with E-state index < -0.39 is 0 Å². The van der Waals surface area contributed by atoms with Crippen LogP contribution in [-0.4, -0.2) is 9.97 Å². The first-order valence-electron chi connectivity index (χ1n) is 5.26. The Morgan fingerprint density at radius 2 is 2.18 bits per heavy atom. The number of rotatable bonds is 4. The van der Waals surface area contributed by atoms with Gasteiger partial charge in [0.15, 0.2) is 0 Å². The summed E-state index contributed by atoms with van der Waals surface area (Å²) >= 11 is 3.36. The Morgan fingerprint density at radius 3 is 2.76 bits per heavy atom. The number of aromatic nitrogens is 2. The van der Waals surface area contributed by atoms with Gasteiger partial charge in [-0.1, -0.05) is 6.07 Å². The lowest BCUT2D eigenvalue weighted by Crippen LogP contribution is -2.30. The van der Waals surface area contributed by atoms with Gasteiger partial charge in [-0.2, -0.15) is 0 Å². The second kappa shape index (κ2) is 5.86. The predicted octanol–water partition coefficient (Wildman–Crippen LogP) is 1.99. The third kappa shape index (κ3) is 3.33. The van der Waals surface area contributed by atoms with Gasteiger partial charge in [0.05, 0.1) is 11.7 Å². The second-order valence-electron chi connectivity index (χ2n) is 3.69. The Balaban J connectivity index is 2.14. The molecule has 88 valence electrons. The van der Waals surface area contributed by atoms with Crippen LogP contribution in [0.4, 0.5) is 0 Å². The quantitative estimate of drug-likeness (QED) is 0.668. The van der Waals surface area contributed by atoms with Gasteiger partial charge in [-0.25, -0.2) is 0 Å². The molecule has 5 heteroatoms. The maximum Gasteiger partial charge on any atom is 0.0672 e. The summed E-state index contributed by atoms with van der Waals surface area (Å²) in [6.07, 6.45) is 6.12. The predicted molar refractivity (Wildman–Crippen MR) is 69.9 cm³/mol. The van der Waals surface area contributed by atoms with Crippen LogP contribution >= 0.6 is 15.9 Å². The third-order valence-corrected chi connectivity index (χ3v) is 2.94. The summed E-state index contributed by atoms with van der Waals surface area (Å²) in [6.45, 7) is 0. The molecular formula is C12H13BrN4. The zero-order chi connectivity index (χ0) is 12.1. The summed E-state index contributed by atoms with van der Waals surface area (Å²) in [5, 5.41) is 0. The number of hydrazine groups is 1. The van der Waals surface area contributed by atoms with Gasteiger partial charge in [-0.3, -0.25) is 21.2 Å². The van der Waals surface area contributed by atoms with E-state index in [-0.39, 0.29) is 6.04 Å². The smallest absolute Gasteiger partial charge is 0.0672 e. The Hall–Kier alpha value is -1.30. The van der Waals surface area contributed by atoms with Crippen LogP contribution in [0, 0.1) is 0 Å². The lowest BCUT2D eigenvalue weighted by atomic mass is 10.1. The minimum absolute atomic E-state index is 0.00713. The first-order valence-corrected chi connectivity index (χ1v) is 6.05. The van der Waals surface area contributed by atoms with Gasteiger partial charge in [-0.15, -0.1) is 0 Å². The van der Waals surface area contributed by atoms with Crippen LogP contribution in [0.1, 0.15) is 17.3 Å². The van der Waals surface area contributed by atoms with E-state index in [1.54, 1.807) is 12.4 Å². The molecule has 0 bridgehead atoms. The van der Waals surface area contributed by atoms with Gasteiger partial charge in [0.2, 0.25) is 0 Å². The molecule has 0 aliphatic rings. The number of halogens is 1. The topological polar surface area (TPSA) is 63.8 Å². The highest BCUT2D eigenvalue weighted by Crippen LogP contribution is 2.17. The summed E-state index contributed by atoms with van der Waals surface area (Å²) < 4.78 is 0.957. The molecule has 0 aliphatic carbocycles. The first kappa shape index (κ1) is 12.2. The average Bonchev–Trinajstić information content (AvgIpc) is 2.38. The molecule has 4 nitrogen and oxygen atoms in total. The van der Waals surface area contributed by atoms with Crippen molar-refractivity contribution in [2.24, 2.45) is 5.84 Å². The van der Waals surface area contributed by atoms with Gasteiger partial charge in [-0.05, 0) is 46.1 Å². The number of nitrogens with two attached hydrogens (primary N) is 1. The van der Waals surface area contributed by atoms with Gasteiger partial charge in [0.25, 0.3) is 0 Å². The number of pyridine rings is 2. The van der Waals surface area contributed by atoms with E-state index in [0.717, 1.165) is 22.2 Å². The fourth-order valence-corrected chi connectivity index (χ4v) is 1.83. The van der Waals surface area contributed by atoms with Gasteiger partial charge >= 0.3 is 0 Å². The molecule has 0 radical (unpaired) electrons. The van der Waals surface area contributed by atoms with E-state index in [2.05, 4.69) is 31.3 Å². The molecule has 0 amide bonds. The molecule has 2 rings (SSSR count). The van der Waals surface area contributed by atoms with E-state index in [4.69, 9.17) is 5.84 Å². The molecule has 0 aromatic carbocycles. The standard InChI is InChI=1S/C12H13BrN4/c13-10-3-4-11(16-8-10)12(17-14)6-9-2-1-5-15-7-9/h1-5,7-8,12,17H,6,14H2. The summed E-state index contributed by atoms with van der Waals surface area (Å²) in [5.41, 5.74) is 4.82. The van der Waals surface area contributed by atoms with Crippen molar-refractivity contribution in [2.45, 2.75) is 12.5 Å². The van der Waals surface area contributed by atoms with Crippen LogP contribution in [0.15, 0.2) is 47.3 Å². The Labute approximate surface area is 108 Å². The van der Waals surface area contributed by atoms with Crippen molar-refractivity contribution in [3.63, 3.8) is 0 Å². The minimum Gasteiger partial charge on any atom is -0.271 e. The molecule has 0 saturated carbocycles. The normalized spacial score (nSPS) is 12.4. The van der Waals surface area contributed by atoms with Crippen LogP contribution < -0.4 is 11.3 Å². The number of nitrogens with zero attached hydrogens (tertiary/aromatic N) is 2. The molecule has 17 heavy (non-hydrogen) atoms. The van der Waals surface area contributed by atoms with Crippen LogP contribution in [0.5, 0.6) is 0 Å². The Kier molecular flexibility index (Phi) is 4.19. The Morgan fingerprint density at radius 1 is 1.29 bits per heavy atom. The summed E-state index contributed by atoms with van der Waals surface area (Å²) in [6, 6.07) is 7.84. The number of hydrogen-bond acceptors (Lipinski definition) is 4. The van der Waals surface area contributed by atoms with Crippen molar-refractivity contribution in [3.8, 4) is 0 Å². The first-order chi connectivity index (χ1) is 8.29. The van der Waals surface area contributed by atoms with Crippen LogP contribution in [0.2, 0.25) is 0 Å². The molecule has 2 aromatic heterocycles. The van der Waals surface area contributed by atoms with Gasteiger partial charge < -0.3 is 0 Å². The summed E-state index contributed by atoms with van der Waals surface area (Å²) in [5.74, 6) is 5.57. The maximum absolute atomic E-state index is 5.57. The SMILES string of the molecule is NNC(Cc1cccnc1)c1ccc(Br)cn1. The Bertz CT molecular complexity index is 458. The van der Waals surface area contributed by atoms with Crippen LogP contribution in [0.25, 0.3) is 0 Å². The van der Waals surface area contributed by atoms with Crippen LogP contribution in [0.3, 0.4) is 0 Å². The fourth-order valence-electron chi connectivity index (χ4n) is 1.60. The molecular weight excluding hydrogens is 280 g/mol. The van der Waals surface area contributed by atoms with Gasteiger partial charge in [0, 0.05) is 23.1 Å². The molecule has 2 heterocycles. The van der Waals surface area contributed by atoms with E-state index >= 15 is 0 Å². The average molecular weight is 293 g/mol.